The molecule has 0 saturated carbocycles. The van der Waals surface area contributed by atoms with Crippen molar-refractivity contribution in [2.45, 2.75) is 95.5 Å². The minimum atomic E-state index is -1.32. The Balaban J connectivity index is 1.99. The van der Waals surface area contributed by atoms with Gasteiger partial charge in [0.2, 0.25) is 5.91 Å². The highest BCUT2D eigenvalue weighted by atomic mass is 19.1. The summed E-state index contributed by atoms with van der Waals surface area (Å²) in [6, 6.07) is -0.843. The first-order chi connectivity index (χ1) is 13.3. The van der Waals surface area contributed by atoms with Gasteiger partial charge in [0.25, 0.3) is 0 Å². The molecule has 0 aliphatic carbocycles. The minimum absolute atomic E-state index is 0.0404. The van der Waals surface area contributed by atoms with E-state index in [-0.39, 0.29) is 24.5 Å². The number of aliphatic hydroxyl groups excluding tert-OH is 3. The van der Waals surface area contributed by atoms with Crippen molar-refractivity contribution in [1.29, 1.82) is 0 Å². The number of halogens is 1. The van der Waals surface area contributed by atoms with Crippen molar-refractivity contribution in [2.75, 3.05) is 13.2 Å². The molecule has 28 heavy (non-hydrogen) atoms. The summed E-state index contributed by atoms with van der Waals surface area (Å²) in [6.07, 6.45) is -1.31. The molecule has 0 aromatic heterocycles. The molecule has 1 amide bonds. The maximum absolute atomic E-state index is 12.9. The van der Waals surface area contributed by atoms with E-state index in [1.807, 2.05) is 13.8 Å². The number of nitrogens with one attached hydrogen (secondary N) is 2. The summed E-state index contributed by atoms with van der Waals surface area (Å²) in [4.78, 5) is 12.9. The van der Waals surface area contributed by atoms with Gasteiger partial charge in [0.05, 0.1) is 24.9 Å². The van der Waals surface area contributed by atoms with Gasteiger partial charge in [-0.05, 0) is 57.4 Å². The van der Waals surface area contributed by atoms with Crippen molar-refractivity contribution in [3.63, 3.8) is 0 Å². The lowest BCUT2D eigenvalue weighted by atomic mass is 9.87. The van der Waals surface area contributed by atoms with Crippen molar-refractivity contribution in [2.24, 2.45) is 11.8 Å². The lowest BCUT2D eigenvalue weighted by molar-refractivity contribution is -0.226. The Morgan fingerprint density at radius 1 is 1.18 bits per heavy atom. The van der Waals surface area contributed by atoms with Crippen LogP contribution < -0.4 is 10.6 Å². The predicted octanol–water partition coefficient (Wildman–Crippen LogP) is 0.505. The monoisotopic (exact) mass is 404 g/mol. The van der Waals surface area contributed by atoms with Crippen LogP contribution in [0.2, 0.25) is 0 Å². The first-order valence-electron chi connectivity index (χ1n) is 10.6. The number of carbonyl (C=O) groups excluding carboxylic acids is 1. The molecule has 0 aromatic carbocycles. The second-order valence-corrected chi connectivity index (χ2v) is 8.63. The van der Waals surface area contributed by atoms with Gasteiger partial charge in [0.1, 0.15) is 24.4 Å². The number of ether oxygens (including phenoxy) is 1. The van der Waals surface area contributed by atoms with Crippen LogP contribution >= 0.6 is 0 Å². The SMILES string of the molecule is CC(C)[C@@H](NC(=O)[C@@H]1CC[C@H](CCCF)CCN1)[C@H]1O[C@H](C)[C@H](O)[C@@H](O)[C@H]1O. The molecule has 2 aliphatic rings. The summed E-state index contributed by atoms with van der Waals surface area (Å²) < 4.78 is 18.2. The first-order valence-corrected chi connectivity index (χ1v) is 10.6. The number of hydrogen-bond donors (Lipinski definition) is 5. The maximum Gasteiger partial charge on any atom is 0.237 e. The topological polar surface area (TPSA) is 111 Å². The molecule has 0 aromatic rings. The zero-order valence-electron chi connectivity index (χ0n) is 17.2. The number of rotatable bonds is 7. The molecule has 8 atom stereocenters. The molecule has 0 unspecified atom stereocenters. The van der Waals surface area contributed by atoms with Gasteiger partial charge in [0, 0.05) is 0 Å². The normalized spacial score (nSPS) is 38.1. The summed E-state index contributed by atoms with van der Waals surface area (Å²) in [7, 11) is 0. The highest BCUT2D eigenvalue weighted by Gasteiger charge is 2.46. The van der Waals surface area contributed by atoms with Crippen LogP contribution in [-0.4, -0.2) is 77.0 Å². The molecule has 8 heteroatoms. The maximum atomic E-state index is 12.9. The summed E-state index contributed by atoms with van der Waals surface area (Å²) in [5, 5.41) is 36.7. The Morgan fingerprint density at radius 2 is 1.89 bits per heavy atom. The fourth-order valence-corrected chi connectivity index (χ4v) is 4.26. The Morgan fingerprint density at radius 3 is 2.54 bits per heavy atom. The molecule has 5 N–H and O–H groups in total. The number of alkyl halides is 1. The quantitative estimate of drug-likeness (QED) is 0.423. The van der Waals surface area contributed by atoms with Crippen LogP contribution in [0, 0.1) is 11.8 Å². The Bertz CT molecular complexity index is 495. The molecule has 0 bridgehead atoms. The van der Waals surface area contributed by atoms with Crippen molar-refractivity contribution >= 4 is 5.91 Å². The molecule has 2 heterocycles. The Labute approximate surface area is 167 Å². The largest absolute Gasteiger partial charge is 0.388 e. The smallest absolute Gasteiger partial charge is 0.237 e. The minimum Gasteiger partial charge on any atom is -0.388 e. The first kappa shape index (κ1) is 23.5. The van der Waals surface area contributed by atoms with Gasteiger partial charge in [0.15, 0.2) is 0 Å². The van der Waals surface area contributed by atoms with Gasteiger partial charge in [-0.25, -0.2) is 0 Å². The molecule has 0 radical (unpaired) electrons. The third kappa shape index (κ3) is 5.86. The standard InChI is InChI=1S/C20H37FN2O5/c1-11(2)15(19-18(26)17(25)16(24)12(3)28-19)23-20(27)14-7-6-13(5-4-9-21)8-10-22-14/h11-19,22,24-26H,4-10H2,1-3H3,(H,23,27)/t12-,13+,14+,15-,16+,17-,18-,19-/m1/s1. The molecular weight excluding hydrogens is 367 g/mol. The summed E-state index contributed by atoms with van der Waals surface area (Å²) in [5.41, 5.74) is 0. The highest BCUT2D eigenvalue weighted by molar-refractivity contribution is 5.82. The predicted molar refractivity (Wildman–Crippen MR) is 103 cm³/mol. The lowest BCUT2D eigenvalue weighted by Gasteiger charge is -2.44. The van der Waals surface area contributed by atoms with Crippen molar-refractivity contribution in [1.82, 2.24) is 10.6 Å². The van der Waals surface area contributed by atoms with Crippen LogP contribution in [-0.2, 0) is 9.53 Å². The van der Waals surface area contributed by atoms with Crippen LogP contribution in [0.3, 0.4) is 0 Å². The van der Waals surface area contributed by atoms with E-state index in [1.165, 1.54) is 0 Å². The van der Waals surface area contributed by atoms with Crippen LogP contribution in [0.5, 0.6) is 0 Å². The van der Waals surface area contributed by atoms with E-state index < -0.39 is 36.6 Å². The van der Waals surface area contributed by atoms with Gasteiger partial charge in [-0.15, -0.1) is 0 Å². The summed E-state index contributed by atoms with van der Waals surface area (Å²) in [6.45, 7) is 5.88. The molecule has 2 rings (SSSR count). The van der Waals surface area contributed by atoms with E-state index in [9.17, 15) is 24.5 Å². The van der Waals surface area contributed by atoms with Crippen LogP contribution in [0.4, 0.5) is 4.39 Å². The lowest BCUT2D eigenvalue weighted by Crippen LogP contribution is -2.64. The van der Waals surface area contributed by atoms with Crippen molar-refractivity contribution in [3.8, 4) is 0 Å². The number of amides is 1. The number of hydrogen-bond acceptors (Lipinski definition) is 6. The van der Waals surface area contributed by atoms with E-state index in [1.54, 1.807) is 6.92 Å². The van der Waals surface area contributed by atoms with Crippen LogP contribution in [0.25, 0.3) is 0 Å². The molecule has 7 nitrogen and oxygen atoms in total. The molecule has 2 aliphatic heterocycles. The third-order valence-electron chi connectivity index (χ3n) is 6.14. The number of carbonyl (C=O) groups is 1. The average Bonchev–Trinajstić information content (AvgIpc) is 2.91. The van der Waals surface area contributed by atoms with E-state index in [2.05, 4.69) is 10.6 Å². The fraction of sp³-hybridized carbons (Fsp3) is 0.950. The second kappa shape index (κ2) is 10.8. The van der Waals surface area contributed by atoms with Gasteiger partial charge < -0.3 is 30.7 Å². The second-order valence-electron chi connectivity index (χ2n) is 8.63. The molecule has 164 valence electrons. The summed E-state index contributed by atoms with van der Waals surface area (Å²) in [5.74, 6) is 0.234. The molecule has 2 saturated heterocycles. The van der Waals surface area contributed by atoms with Crippen molar-refractivity contribution in [3.05, 3.63) is 0 Å². The van der Waals surface area contributed by atoms with Gasteiger partial charge in [-0.3, -0.25) is 9.18 Å². The van der Waals surface area contributed by atoms with E-state index in [4.69, 9.17) is 4.74 Å². The molecular formula is C20H37FN2O5. The zero-order chi connectivity index (χ0) is 20.8. The van der Waals surface area contributed by atoms with Gasteiger partial charge in [-0.1, -0.05) is 13.8 Å². The number of aliphatic hydroxyl groups is 3. The van der Waals surface area contributed by atoms with Crippen molar-refractivity contribution < 1.29 is 29.2 Å². The third-order valence-corrected chi connectivity index (χ3v) is 6.14. The molecule has 0 spiro atoms. The van der Waals surface area contributed by atoms with Gasteiger partial charge >= 0.3 is 0 Å². The summed E-state index contributed by atoms with van der Waals surface area (Å²) >= 11 is 0. The molecule has 2 fully saturated rings. The highest BCUT2D eigenvalue weighted by Crippen LogP contribution is 2.26. The van der Waals surface area contributed by atoms with E-state index >= 15 is 0 Å². The fourth-order valence-electron chi connectivity index (χ4n) is 4.26. The van der Waals surface area contributed by atoms with E-state index in [0.717, 1.165) is 19.3 Å². The van der Waals surface area contributed by atoms with E-state index in [0.29, 0.717) is 25.3 Å². The Kier molecular flexibility index (Phi) is 9.08. The van der Waals surface area contributed by atoms with Gasteiger partial charge in [-0.2, -0.15) is 0 Å². The zero-order valence-corrected chi connectivity index (χ0v) is 17.2. The van der Waals surface area contributed by atoms with Crippen LogP contribution in [0.15, 0.2) is 0 Å². The van der Waals surface area contributed by atoms with Crippen LogP contribution in [0.1, 0.15) is 52.9 Å². The average molecular weight is 405 g/mol. The Hall–Kier alpha value is -0.800.